The summed E-state index contributed by atoms with van der Waals surface area (Å²) in [5.74, 6) is -1.56. The molecule has 3 aliphatic heterocycles. The number of aryl methyl sites for hydroxylation is 1. The van der Waals surface area contributed by atoms with E-state index >= 15 is 0 Å². The summed E-state index contributed by atoms with van der Waals surface area (Å²) in [4.78, 5) is 103. The smallest absolute Gasteiger partial charge is 0.490 e. The molecule has 0 amide bonds. The Morgan fingerprint density at radius 1 is 0.829 bits per heavy atom. The summed E-state index contributed by atoms with van der Waals surface area (Å²) in [7, 11) is -21.2. The average Bonchev–Trinajstić information content (AvgIpc) is 4.13. The third kappa shape index (κ3) is 12.0. The molecule has 4 unspecified atom stereocenters. The third-order valence-electron chi connectivity index (χ3n) is 12.2. The molecule has 0 radical (unpaired) electrons. The normalized spacial score (nSPS) is 30.6. The van der Waals surface area contributed by atoms with Crippen molar-refractivity contribution in [2.24, 2.45) is 13.0 Å². The van der Waals surface area contributed by atoms with E-state index in [0.717, 1.165) is 41.2 Å². The van der Waals surface area contributed by atoms with Gasteiger partial charge in [-0.2, -0.15) is 18.2 Å². The number of aliphatic hydroxyl groups excluding tert-OH is 4. The fourth-order valence-corrected chi connectivity index (χ4v) is 14.2. The van der Waals surface area contributed by atoms with Crippen LogP contribution in [0.25, 0.3) is 22.3 Å². The van der Waals surface area contributed by atoms with E-state index in [0.29, 0.717) is 0 Å². The zero-order chi connectivity index (χ0) is 55.4. The number of aromatic amines is 2. The number of phosphoric acid groups is 3. The van der Waals surface area contributed by atoms with Gasteiger partial charge in [-0.3, -0.25) is 43.1 Å². The number of anilines is 2. The Labute approximate surface area is 424 Å². The number of hydrogen-bond donors (Lipinski definition) is 12. The first-order valence-corrected chi connectivity index (χ1v) is 28.3. The van der Waals surface area contributed by atoms with Crippen molar-refractivity contribution in [3.05, 3.63) is 62.4 Å². The predicted molar refractivity (Wildman–Crippen MR) is 246 cm³/mol. The fourth-order valence-electron chi connectivity index (χ4n) is 8.93. The fraction of sp³-hybridized carbons (Fsp3) is 0.600. The number of imidazole rings is 2. The highest BCUT2D eigenvalue weighted by molar-refractivity contribution is 7.66. The van der Waals surface area contributed by atoms with Crippen molar-refractivity contribution in [2.45, 2.75) is 86.6 Å². The molecular weight excluding hydrogens is 1110 g/mol. The van der Waals surface area contributed by atoms with Gasteiger partial charge in [-0.15, -0.1) is 0 Å². The van der Waals surface area contributed by atoms with E-state index in [2.05, 4.69) is 38.9 Å². The van der Waals surface area contributed by atoms with E-state index < -0.39 is 147 Å². The van der Waals surface area contributed by atoms with Gasteiger partial charge in [-0.05, 0) is 13.0 Å². The van der Waals surface area contributed by atoms with Crippen molar-refractivity contribution in [3.63, 3.8) is 0 Å². The standard InChI is InChI=1S/C35H51N13O24P4/c1-4-38-19(50)7-14-15(68-31(22(14)51)48-13-45(2)21-29(48)43-34(37)44-30(21)54)8-66-74(58,59)71-76(62,63)72-75(60,61)67-10-17-26(25(64-3)33(70-17)47-12-41-20-27(36)39-11-40-28(20)47)73(56,57)65-9-16-23(52)24(53)32(69-16)46-6-5-18(49)42-35(46)55/h5-6,11-17,19,22-26,31-33,38,50-53H,4,7-10H2,1-3H3,(H9-,36,37,39,40,42,43,44,49,54,55,56,57,58,59,60,61,62,63)/t14-,15-,16-,17-,19+,22-,23-,24-,25-,26-,31-,32-,33-/m1/s1. The van der Waals surface area contributed by atoms with Gasteiger partial charge in [0.25, 0.3) is 16.7 Å². The first-order chi connectivity index (χ1) is 35.6. The maximum absolute atomic E-state index is 14.2. The van der Waals surface area contributed by atoms with Crippen molar-refractivity contribution < 1.29 is 104 Å². The number of aliphatic hydroxyl groups is 4. The molecule has 37 nitrogen and oxygen atoms in total. The minimum Gasteiger partial charge on any atom is -0.778 e. The lowest BCUT2D eigenvalue weighted by atomic mass is 9.93. The SMILES string of the molecule is CCN[C@@H](O)C[C@H]1[C@@H](O)[C@H](n2c[n+](C)c3c(=O)[nH]c(N)nc32)O[C@@H]1COP(=O)(O)OP(=O)(O)OP(=O)(O)OC[C@H]1O[C@@H](n2cnc3c(N)ncnc32)[C@H](OC)[C@@H]1P(=O)([O-])OC[C@H]1O[C@@H](n2ccc(=O)[nH]c2=O)[C@H](O)[C@@H]1O. The number of nitrogen functional groups attached to an aromatic ring is 2. The van der Waals surface area contributed by atoms with Gasteiger partial charge in [0, 0.05) is 25.3 Å². The maximum atomic E-state index is 14.2. The zero-order valence-corrected chi connectivity index (χ0v) is 43.1. The van der Waals surface area contributed by atoms with Gasteiger partial charge in [0.15, 0.2) is 23.9 Å². The number of hydrogen-bond acceptors (Lipinski definition) is 28. The Kier molecular flexibility index (Phi) is 16.9. The molecule has 0 saturated carbocycles. The van der Waals surface area contributed by atoms with E-state index in [1.807, 2.05) is 4.98 Å². The van der Waals surface area contributed by atoms with Crippen molar-refractivity contribution >= 4 is 65.2 Å². The van der Waals surface area contributed by atoms with Crippen molar-refractivity contribution in [1.82, 2.24) is 48.9 Å². The Morgan fingerprint density at radius 2 is 1.46 bits per heavy atom. The van der Waals surface area contributed by atoms with Crippen molar-refractivity contribution in [2.75, 3.05) is 44.9 Å². The maximum Gasteiger partial charge on any atom is 0.490 e. The summed E-state index contributed by atoms with van der Waals surface area (Å²) in [6, 6.07) is 0.914. The Balaban J connectivity index is 0.966. The summed E-state index contributed by atoms with van der Waals surface area (Å²) in [5.41, 5.74) is 7.02. The first-order valence-electron chi connectivity index (χ1n) is 22.3. The van der Waals surface area contributed by atoms with Gasteiger partial charge in [0.05, 0.1) is 51.1 Å². The van der Waals surface area contributed by atoms with Crippen LogP contribution < -0.4 is 43.1 Å². The quantitative estimate of drug-likeness (QED) is 0.0176. The molecule has 8 heterocycles. The first kappa shape index (κ1) is 57.6. The van der Waals surface area contributed by atoms with Crippen LogP contribution in [0.5, 0.6) is 0 Å². The Hall–Kier alpha value is -4.62. The van der Waals surface area contributed by atoms with E-state index in [9.17, 15) is 72.6 Å². The Morgan fingerprint density at radius 3 is 2.12 bits per heavy atom. The number of nitrogens with two attached hydrogens (primary N) is 2. The molecule has 17 atom stereocenters. The van der Waals surface area contributed by atoms with Crippen LogP contribution in [0.1, 0.15) is 32.0 Å². The molecule has 14 N–H and O–H groups in total. The topological polar surface area (TPSA) is 533 Å². The highest BCUT2D eigenvalue weighted by Gasteiger charge is 2.55. The van der Waals surface area contributed by atoms with Crippen molar-refractivity contribution in [3.8, 4) is 0 Å². The number of aromatic nitrogens is 10. The number of fused-ring (bicyclic) bond motifs is 2. The molecule has 0 aliphatic carbocycles. The number of methoxy groups -OCH3 is 1. The molecule has 5 aromatic heterocycles. The van der Waals surface area contributed by atoms with Crippen LogP contribution in [0.3, 0.4) is 0 Å². The second-order valence-corrected chi connectivity index (χ2v) is 23.8. The third-order valence-corrected chi connectivity index (χ3v) is 18.3. The zero-order valence-electron chi connectivity index (χ0n) is 39.5. The summed E-state index contributed by atoms with van der Waals surface area (Å²) < 4.78 is 105. The van der Waals surface area contributed by atoms with Crippen LogP contribution in [-0.4, -0.2) is 167 Å². The summed E-state index contributed by atoms with van der Waals surface area (Å²) in [6.07, 6.45) is -13.9. The monoisotopic (exact) mass is 1160 g/mol. The highest BCUT2D eigenvalue weighted by Crippen LogP contribution is 2.68. The molecule has 0 aromatic carbocycles. The highest BCUT2D eigenvalue weighted by atomic mass is 31.3. The molecular formula is C35H51N13O24P4. The number of phosphoric ester groups is 2. The molecule has 76 heavy (non-hydrogen) atoms. The summed E-state index contributed by atoms with van der Waals surface area (Å²) in [6.45, 7) is -1.52. The van der Waals surface area contributed by atoms with Crippen LogP contribution in [0.2, 0.25) is 0 Å². The van der Waals surface area contributed by atoms with Gasteiger partial charge in [0.2, 0.25) is 18.5 Å². The van der Waals surface area contributed by atoms with E-state index in [-0.39, 0.29) is 47.1 Å². The molecule has 0 spiro atoms. The minimum atomic E-state index is -6.25. The molecule has 5 aromatic rings. The van der Waals surface area contributed by atoms with Gasteiger partial charge >= 0.3 is 34.7 Å². The minimum absolute atomic E-state index is 0.00403. The van der Waals surface area contributed by atoms with Crippen LogP contribution in [0.4, 0.5) is 11.8 Å². The van der Waals surface area contributed by atoms with Crippen LogP contribution in [0, 0.1) is 5.92 Å². The Bertz CT molecular complexity index is 3320. The van der Waals surface area contributed by atoms with E-state index in [1.54, 1.807) is 6.92 Å². The second kappa shape index (κ2) is 22.3. The van der Waals surface area contributed by atoms with Crippen LogP contribution in [-0.2, 0) is 66.4 Å². The number of rotatable bonds is 22. The summed E-state index contributed by atoms with van der Waals surface area (Å²) in [5, 5.41) is 46.2. The van der Waals surface area contributed by atoms with Gasteiger partial charge in [-0.1, -0.05) is 6.92 Å². The number of nitrogens with one attached hydrogen (secondary N) is 3. The number of H-pyrrole nitrogens is 2. The van der Waals surface area contributed by atoms with Gasteiger partial charge in [-0.25, -0.2) is 38.0 Å². The van der Waals surface area contributed by atoms with Crippen molar-refractivity contribution in [1.29, 1.82) is 0 Å². The second-order valence-electron chi connectivity index (χ2n) is 17.2. The lowest BCUT2D eigenvalue weighted by Crippen LogP contribution is -2.40. The molecule has 3 saturated heterocycles. The molecule has 41 heteroatoms. The largest absolute Gasteiger partial charge is 0.778 e. The number of nitrogens with zero attached hydrogens (tertiary/aromatic N) is 8. The number of ether oxygens (including phenoxy) is 4. The predicted octanol–water partition coefficient (Wildman–Crippen LogP) is -4.87. The molecule has 3 aliphatic rings. The van der Waals surface area contributed by atoms with E-state index in [4.69, 9.17) is 44.0 Å². The molecule has 3 fully saturated rings. The van der Waals surface area contributed by atoms with Gasteiger partial charge < -0.3 is 79.5 Å². The van der Waals surface area contributed by atoms with Gasteiger partial charge in [0.1, 0.15) is 56.2 Å². The lowest BCUT2D eigenvalue weighted by molar-refractivity contribution is -0.646. The van der Waals surface area contributed by atoms with Crippen LogP contribution in [0.15, 0.2) is 45.6 Å². The van der Waals surface area contributed by atoms with E-state index in [1.165, 1.54) is 22.5 Å². The molecule has 420 valence electrons. The molecule has 0 bridgehead atoms. The average molecular weight is 1160 g/mol. The lowest BCUT2D eigenvalue weighted by Gasteiger charge is -2.35. The van der Waals surface area contributed by atoms with Crippen LogP contribution >= 0.6 is 31.1 Å². The summed E-state index contributed by atoms with van der Waals surface area (Å²) >= 11 is 0. The molecule has 8 rings (SSSR count).